The Labute approximate surface area is 226 Å². The number of rotatable bonds is 8. The van der Waals surface area contributed by atoms with Crippen LogP contribution < -0.4 is 10.9 Å². The number of amides is 1. The topological polar surface area (TPSA) is 118 Å². The number of morpholine rings is 1. The summed E-state index contributed by atoms with van der Waals surface area (Å²) in [6.07, 6.45) is 1.36. The summed E-state index contributed by atoms with van der Waals surface area (Å²) in [4.78, 5) is 38.4. The summed E-state index contributed by atoms with van der Waals surface area (Å²) in [5.74, 6) is 0.863. The molecule has 1 unspecified atom stereocenters. The van der Waals surface area contributed by atoms with Crippen LogP contribution in [-0.2, 0) is 22.5 Å². The molecule has 1 amide bonds. The lowest BCUT2D eigenvalue weighted by Crippen LogP contribution is -2.44. The molecule has 204 valence electrons. The van der Waals surface area contributed by atoms with E-state index in [0.717, 1.165) is 35.1 Å². The maximum absolute atomic E-state index is 13.8. The second-order valence-electron chi connectivity index (χ2n) is 9.67. The van der Waals surface area contributed by atoms with Crippen LogP contribution in [0.4, 0.5) is 0 Å². The molecule has 2 N–H and O–H groups in total. The van der Waals surface area contributed by atoms with Crippen molar-refractivity contribution in [2.75, 3.05) is 26.3 Å². The fourth-order valence-electron chi connectivity index (χ4n) is 4.89. The molecule has 0 bridgehead atoms. The van der Waals surface area contributed by atoms with Gasteiger partial charge in [0.1, 0.15) is 11.4 Å². The highest BCUT2D eigenvalue weighted by molar-refractivity contribution is 6.04. The Bertz CT molecular complexity index is 1430. The first-order valence-corrected chi connectivity index (χ1v) is 13.3. The van der Waals surface area contributed by atoms with E-state index in [0.29, 0.717) is 56.6 Å². The van der Waals surface area contributed by atoms with Gasteiger partial charge in [-0.1, -0.05) is 67.0 Å². The molecule has 39 heavy (non-hydrogen) atoms. The predicted molar refractivity (Wildman–Crippen MR) is 146 cm³/mol. The van der Waals surface area contributed by atoms with E-state index in [9.17, 15) is 14.7 Å². The molecule has 1 aromatic heterocycles. The van der Waals surface area contributed by atoms with Crippen molar-refractivity contribution in [3.05, 3.63) is 87.1 Å². The minimum Gasteiger partial charge on any atom is -0.378 e. The third-order valence-electron chi connectivity index (χ3n) is 6.99. The van der Waals surface area contributed by atoms with Crippen LogP contribution in [0.1, 0.15) is 52.8 Å². The third kappa shape index (κ3) is 5.71. The molecule has 2 aliphatic rings. The van der Waals surface area contributed by atoms with Crippen LogP contribution in [0.2, 0.25) is 0 Å². The number of aliphatic hydroxyl groups excluding tert-OH is 1. The fourth-order valence-corrected chi connectivity index (χ4v) is 4.89. The van der Waals surface area contributed by atoms with E-state index in [-0.39, 0.29) is 17.0 Å². The molecular formula is C29H33N5O5. The predicted octanol–water partition coefficient (Wildman–Crippen LogP) is 2.64. The van der Waals surface area contributed by atoms with Crippen LogP contribution in [0.15, 0.2) is 58.5 Å². The number of nitrogens with zero attached hydrogens (tertiary/aromatic N) is 4. The Morgan fingerprint density at radius 2 is 1.82 bits per heavy atom. The van der Waals surface area contributed by atoms with Gasteiger partial charge in [-0.15, -0.1) is 0 Å². The van der Waals surface area contributed by atoms with Gasteiger partial charge in [0, 0.05) is 25.1 Å². The molecule has 1 saturated heterocycles. The molecular weight excluding hydrogens is 498 g/mol. The summed E-state index contributed by atoms with van der Waals surface area (Å²) < 4.78 is 7.02. The van der Waals surface area contributed by atoms with Crippen LogP contribution in [0, 0.1) is 6.92 Å². The van der Waals surface area contributed by atoms with E-state index < -0.39 is 6.41 Å². The van der Waals surface area contributed by atoms with Crippen molar-refractivity contribution in [2.24, 2.45) is 5.16 Å². The molecule has 2 aliphatic heterocycles. The average Bonchev–Trinajstić information content (AvgIpc) is 3.40. The number of aliphatic hydroxyl groups is 1. The molecule has 1 atom stereocenters. The molecule has 1 fully saturated rings. The van der Waals surface area contributed by atoms with Crippen molar-refractivity contribution in [3.8, 4) is 11.1 Å². The summed E-state index contributed by atoms with van der Waals surface area (Å²) in [5.41, 5.74) is 3.90. The summed E-state index contributed by atoms with van der Waals surface area (Å²) in [6, 6.07) is 15.6. The van der Waals surface area contributed by atoms with Crippen molar-refractivity contribution in [1.29, 1.82) is 0 Å². The number of unbranched alkanes of at least 4 members (excludes halogenated alkanes) is 1. The maximum Gasteiger partial charge on any atom is 0.304 e. The number of aryl methyl sites for hydroxylation is 2. The van der Waals surface area contributed by atoms with Gasteiger partial charge < -0.3 is 24.9 Å². The number of carbonyl (C=O) groups excluding carboxylic acids is 1. The van der Waals surface area contributed by atoms with Crippen LogP contribution in [-0.4, -0.2) is 64.0 Å². The molecule has 0 radical (unpaired) electrons. The Morgan fingerprint density at radius 3 is 2.49 bits per heavy atom. The van der Waals surface area contributed by atoms with Gasteiger partial charge in [0.05, 0.1) is 25.5 Å². The Hall–Kier alpha value is -4.02. The molecule has 10 nitrogen and oxygen atoms in total. The van der Waals surface area contributed by atoms with E-state index in [1.54, 1.807) is 16.4 Å². The van der Waals surface area contributed by atoms with E-state index >= 15 is 0 Å². The zero-order valence-corrected chi connectivity index (χ0v) is 22.2. The first-order chi connectivity index (χ1) is 19.0. The first-order valence-electron chi connectivity index (χ1n) is 13.3. The zero-order valence-electron chi connectivity index (χ0n) is 22.2. The Kier molecular flexibility index (Phi) is 8.04. The number of oxime groups is 1. The molecule has 3 heterocycles. The van der Waals surface area contributed by atoms with Crippen molar-refractivity contribution in [1.82, 2.24) is 19.8 Å². The Morgan fingerprint density at radius 1 is 1.10 bits per heavy atom. The number of hydrogen-bond acceptors (Lipinski definition) is 8. The molecule has 5 rings (SSSR count). The molecule has 0 saturated carbocycles. The third-order valence-corrected chi connectivity index (χ3v) is 6.99. The van der Waals surface area contributed by atoms with E-state index in [1.165, 1.54) is 0 Å². The monoisotopic (exact) mass is 531 g/mol. The van der Waals surface area contributed by atoms with E-state index in [1.807, 2.05) is 48.5 Å². The number of benzene rings is 2. The largest absolute Gasteiger partial charge is 0.378 e. The van der Waals surface area contributed by atoms with E-state index in [4.69, 9.17) is 14.6 Å². The average molecular weight is 532 g/mol. The van der Waals surface area contributed by atoms with Crippen molar-refractivity contribution >= 4 is 11.7 Å². The van der Waals surface area contributed by atoms with Gasteiger partial charge >= 0.3 is 6.41 Å². The van der Waals surface area contributed by atoms with Gasteiger partial charge in [-0.25, -0.2) is 4.98 Å². The van der Waals surface area contributed by atoms with Gasteiger partial charge in [-0.05, 0) is 30.0 Å². The summed E-state index contributed by atoms with van der Waals surface area (Å²) in [7, 11) is 0. The van der Waals surface area contributed by atoms with Crippen molar-refractivity contribution in [3.63, 3.8) is 0 Å². The van der Waals surface area contributed by atoms with Gasteiger partial charge in [0.15, 0.2) is 5.84 Å². The lowest BCUT2D eigenvalue weighted by Gasteiger charge is -2.27. The Balaban J connectivity index is 1.46. The number of nitrogens with one attached hydrogen (secondary N) is 1. The molecule has 0 spiro atoms. The second-order valence-corrected chi connectivity index (χ2v) is 9.67. The van der Waals surface area contributed by atoms with Crippen molar-refractivity contribution in [2.45, 2.75) is 46.1 Å². The fraction of sp³-hybridized carbons (Fsp3) is 0.379. The van der Waals surface area contributed by atoms with Crippen LogP contribution >= 0.6 is 0 Å². The van der Waals surface area contributed by atoms with Gasteiger partial charge in [-0.3, -0.25) is 14.2 Å². The lowest BCUT2D eigenvalue weighted by atomic mass is 9.98. The van der Waals surface area contributed by atoms with Gasteiger partial charge in [0.25, 0.3) is 11.5 Å². The van der Waals surface area contributed by atoms with Crippen molar-refractivity contribution < 1.29 is 19.5 Å². The van der Waals surface area contributed by atoms with Gasteiger partial charge in [-0.2, -0.15) is 0 Å². The highest BCUT2D eigenvalue weighted by Gasteiger charge is 2.26. The summed E-state index contributed by atoms with van der Waals surface area (Å²) in [6.45, 7) is 6.01. The normalized spacial score (nSPS) is 16.9. The maximum atomic E-state index is 13.8. The minimum atomic E-state index is -1.17. The lowest BCUT2D eigenvalue weighted by molar-refractivity contribution is -0.0896. The number of carbonyl (C=O) groups is 1. The van der Waals surface area contributed by atoms with E-state index in [2.05, 4.69) is 17.4 Å². The summed E-state index contributed by atoms with van der Waals surface area (Å²) in [5, 5.41) is 16.4. The smallest absolute Gasteiger partial charge is 0.304 e. The molecule has 0 aliphatic carbocycles. The SMILES string of the molecule is CCCCc1nc(C)c(C(=O)N2CCOCC2)c(=O)n1Cc1ccc(-c2ccccc2C2=NOC(O)N2)cc1. The highest BCUT2D eigenvalue weighted by atomic mass is 16.7. The number of hydrogen-bond donors (Lipinski definition) is 2. The molecule has 10 heteroatoms. The second kappa shape index (κ2) is 11.8. The standard InChI is InChI=1S/C29H33N5O5/c1-3-4-9-24-30-19(2)25(27(35)33-14-16-38-17-15-33)28(36)34(24)18-20-10-12-21(13-11-20)22-7-5-6-8-23(22)26-31-29(37)39-32-26/h5-8,10-13,29,37H,3-4,9,14-18H2,1-2H3,(H,31,32). The zero-order chi connectivity index (χ0) is 27.4. The number of aromatic nitrogens is 2. The number of amidine groups is 1. The molecule has 3 aromatic rings. The quantitative estimate of drug-likeness (QED) is 0.459. The summed E-state index contributed by atoms with van der Waals surface area (Å²) >= 11 is 0. The molecule has 2 aromatic carbocycles. The highest BCUT2D eigenvalue weighted by Crippen LogP contribution is 2.26. The number of ether oxygens (including phenoxy) is 1. The first kappa shape index (κ1) is 26.6. The van der Waals surface area contributed by atoms with Crippen LogP contribution in [0.5, 0.6) is 0 Å². The van der Waals surface area contributed by atoms with Gasteiger partial charge in [0.2, 0.25) is 0 Å². The minimum absolute atomic E-state index is 0.136. The van der Waals surface area contributed by atoms with Crippen LogP contribution in [0.3, 0.4) is 0 Å². The van der Waals surface area contributed by atoms with Crippen LogP contribution in [0.25, 0.3) is 11.1 Å².